The van der Waals surface area contributed by atoms with Crippen LogP contribution in [0.1, 0.15) is 20.8 Å². The van der Waals surface area contributed by atoms with Crippen molar-refractivity contribution >= 4 is 17.9 Å². The number of rotatable bonds is 4. The van der Waals surface area contributed by atoms with Gasteiger partial charge in [0, 0.05) is 20.8 Å². The molecule has 0 spiro atoms. The molecule has 0 radical (unpaired) electrons. The van der Waals surface area contributed by atoms with E-state index >= 15 is 0 Å². The van der Waals surface area contributed by atoms with Crippen LogP contribution in [-0.4, -0.2) is 55.2 Å². The highest BCUT2D eigenvalue weighted by Gasteiger charge is 2.60. The molecule has 2 saturated heterocycles. The van der Waals surface area contributed by atoms with Crippen molar-refractivity contribution in [1.82, 2.24) is 0 Å². The lowest BCUT2D eigenvalue weighted by atomic mass is 10.0. The van der Waals surface area contributed by atoms with Crippen LogP contribution in [0.5, 0.6) is 0 Å². The zero-order valence-corrected chi connectivity index (χ0v) is 11.4. The van der Waals surface area contributed by atoms with E-state index in [-0.39, 0.29) is 6.61 Å². The van der Waals surface area contributed by atoms with Crippen LogP contribution >= 0.6 is 0 Å². The fraction of sp³-hybridized carbons (Fsp3) is 0.750. The molecule has 2 heterocycles. The number of hydrogen-bond acceptors (Lipinski definition) is 8. The summed E-state index contributed by atoms with van der Waals surface area (Å²) >= 11 is 0. The van der Waals surface area contributed by atoms with Crippen LogP contribution in [-0.2, 0) is 38.1 Å². The summed E-state index contributed by atoms with van der Waals surface area (Å²) in [4.78, 5) is 33.2. The Balaban J connectivity index is 2.09. The second kappa shape index (κ2) is 5.76. The quantitative estimate of drug-likeness (QED) is 0.389. The van der Waals surface area contributed by atoms with Crippen molar-refractivity contribution in [2.45, 2.75) is 51.5 Å². The zero-order valence-electron chi connectivity index (χ0n) is 11.4. The molecular formula is C12H16O8. The van der Waals surface area contributed by atoms with Crippen LogP contribution in [0.4, 0.5) is 0 Å². The highest BCUT2D eigenvalue weighted by atomic mass is 16.8. The normalized spacial score (nSPS) is 34.6. The van der Waals surface area contributed by atoms with Gasteiger partial charge in [-0.15, -0.1) is 0 Å². The molecule has 8 heteroatoms. The maximum absolute atomic E-state index is 11.2. The molecule has 0 amide bonds. The summed E-state index contributed by atoms with van der Waals surface area (Å²) in [6.45, 7) is 3.62. The lowest BCUT2D eigenvalue weighted by Crippen LogP contribution is -2.53. The Morgan fingerprint density at radius 1 is 0.900 bits per heavy atom. The van der Waals surface area contributed by atoms with E-state index < -0.39 is 48.6 Å². The number of hydrogen-bond donors (Lipinski definition) is 0. The molecule has 0 aromatic carbocycles. The third kappa shape index (κ3) is 3.45. The standard InChI is InChI=1S/C12H16O8/c1-5(13)16-4-8-9(17-6(2)14)10(18-7(3)15)11-12(19-8)20-11/h8-12H,4H2,1-3H3. The molecule has 0 N–H and O–H groups in total. The molecule has 2 rings (SSSR count). The van der Waals surface area contributed by atoms with Crippen molar-refractivity contribution in [3.05, 3.63) is 0 Å². The third-order valence-electron chi connectivity index (χ3n) is 2.86. The van der Waals surface area contributed by atoms with Gasteiger partial charge >= 0.3 is 17.9 Å². The molecule has 0 aromatic rings. The number of ether oxygens (including phenoxy) is 5. The number of carbonyl (C=O) groups is 3. The summed E-state index contributed by atoms with van der Waals surface area (Å²) < 4.78 is 25.8. The summed E-state index contributed by atoms with van der Waals surface area (Å²) in [5.74, 6) is -1.56. The van der Waals surface area contributed by atoms with Gasteiger partial charge < -0.3 is 23.7 Å². The van der Waals surface area contributed by atoms with E-state index in [2.05, 4.69) is 0 Å². The fourth-order valence-corrected chi connectivity index (χ4v) is 2.09. The van der Waals surface area contributed by atoms with Crippen molar-refractivity contribution in [1.29, 1.82) is 0 Å². The average molecular weight is 288 g/mol. The molecule has 2 fully saturated rings. The first-order valence-electron chi connectivity index (χ1n) is 6.17. The van der Waals surface area contributed by atoms with E-state index in [9.17, 15) is 14.4 Å². The van der Waals surface area contributed by atoms with E-state index in [4.69, 9.17) is 23.7 Å². The van der Waals surface area contributed by atoms with E-state index in [1.165, 1.54) is 20.8 Å². The second-order valence-electron chi connectivity index (χ2n) is 4.59. The summed E-state index contributed by atoms with van der Waals surface area (Å²) in [5, 5.41) is 0. The van der Waals surface area contributed by atoms with E-state index in [0.29, 0.717) is 0 Å². The van der Waals surface area contributed by atoms with Crippen molar-refractivity contribution < 1.29 is 38.1 Å². The minimum Gasteiger partial charge on any atom is -0.463 e. The first kappa shape index (κ1) is 14.7. The molecule has 8 nitrogen and oxygen atoms in total. The molecule has 5 unspecified atom stereocenters. The van der Waals surface area contributed by atoms with Crippen molar-refractivity contribution in [2.24, 2.45) is 0 Å². The zero-order chi connectivity index (χ0) is 14.9. The highest BCUT2D eigenvalue weighted by Crippen LogP contribution is 2.38. The molecule has 0 aliphatic carbocycles. The third-order valence-corrected chi connectivity index (χ3v) is 2.86. The first-order valence-corrected chi connectivity index (χ1v) is 6.17. The van der Waals surface area contributed by atoms with Gasteiger partial charge in [-0.1, -0.05) is 0 Å². The Morgan fingerprint density at radius 2 is 1.50 bits per heavy atom. The molecule has 0 bridgehead atoms. The predicted molar refractivity (Wildman–Crippen MR) is 61.3 cm³/mol. The lowest BCUT2D eigenvalue weighted by molar-refractivity contribution is -0.197. The maximum Gasteiger partial charge on any atom is 0.303 e. The number of fused-ring (bicyclic) bond motifs is 1. The summed E-state index contributed by atoms with van der Waals surface area (Å²) in [6, 6.07) is 0. The van der Waals surface area contributed by atoms with Gasteiger partial charge in [0.15, 0.2) is 24.6 Å². The van der Waals surface area contributed by atoms with Crippen LogP contribution in [0.25, 0.3) is 0 Å². The van der Waals surface area contributed by atoms with Crippen molar-refractivity contribution in [3.63, 3.8) is 0 Å². The van der Waals surface area contributed by atoms with Crippen molar-refractivity contribution in [2.75, 3.05) is 6.61 Å². The highest BCUT2D eigenvalue weighted by molar-refractivity contribution is 5.68. The minimum absolute atomic E-state index is 0.113. The Kier molecular flexibility index (Phi) is 4.24. The summed E-state index contributed by atoms with van der Waals surface area (Å²) in [7, 11) is 0. The van der Waals surface area contributed by atoms with Gasteiger partial charge in [-0.2, -0.15) is 0 Å². The minimum atomic E-state index is -0.875. The topological polar surface area (TPSA) is 101 Å². The molecule has 20 heavy (non-hydrogen) atoms. The Labute approximate surface area is 115 Å². The van der Waals surface area contributed by atoms with Gasteiger partial charge in [0.1, 0.15) is 12.7 Å². The van der Waals surface area contributed by atoms with Gasteiger partial charge in [-0.25, -0.2) is 0 Å². The van der Waals surface area contributed by atoms with Crippen molar-refractivity contribution in [3.8, 4) is 0 Å². The maximum atomic E-state index is 11.2. The average Bonchev–Trinajstić information content (AvgIpc) is 3.07. The SMILES string of the molecule is CC(=O)OCC1OC2OC2C(OC(C)=O)C1OC(C)=O. The van der Waals surface area contributed by atoms with Gasteiger partial charge in [0.05, 0.1) is 0 Å². The van der Waals surface area contributed by atoms with E-state index in [1.54, 1.807) is 0 Å². The number of carbonyl (C=O) groups excluding carboxylic acids is 3. The van der Waals surface area contributed by atoms with Crippen LogP contribution in [0.3, 0.4) is 0 Å². The number of epoxide rings is 1. The van der Waals surface area contributed by atoms with Crippen LogP contribution in [0.2, 0.25) is 0 Å². The predicted octanol–water partition coefficient (Wildman–Crippen LogP) is -0.463. The smallest absolute Gasteiger partial charge is 0.303 e. The van der Waals surface area contributed by atoms with E-state index in [0.717, 1.165) is 0 Å². The van der Waals surface area contributed by atoms with Gasteiger partial charge in [-0.05, 0) is 0 Å². The first-order chi connectivity index (χ1) is 9.38. The monoisotopic (exact) mass is 288 g/mol. The Bertz CT molecular complexity index is 420. The van der Waals surface area contributed by atoms with Crippen LogP contribution in [0, 0.1) is 0 Å². The summed E-state index contributed by atoms with van der Waals surface area (Å²) in [6.07, 6.45) is -3.38. The molecule has 2 aliphatic rings. The molecule has 2 aliphatic heterocycles. The molecule has 0 saturated carbocycles. The van der Waals surface area contributed by atoms with Crippen LogP contribution < -0.4 is 0 Å². The van der Waals surface area contributed by atoms with Gasteiger partial charge in [0.2, 0.25) is 0 Å². The fourth-order valence-electron chi connectivity index (χ4n) is 2.09. The van der Waals surface area contributed by atoms with Gasteiger partial charge in [-0.3, -0.25) is 14.4 Å². The Morgan fingerprint density at radius 3 is 2.05 bits per heavy atom. The number of esters is 3. The summed E-state index contributed by atoms with van der Waals surface area (Å²) in [5.41, 5.74) is 0. The molecular weight excluding hydrogens is 272 g/mol. The largest absolute Gasteiger partial charge is 0.463 e. The van der Waals surface area contributed by atoms with E-state index in [1.807, 2.05) is 0 Å². The second-order valence-corrected chi connectivity index (χ2v) is 4.59. The Hall–Kier alpha value is -1.67. The molecule has 112 valence electrons. The van der Waals surface area contributed by atoms with Gasteiger partial charge in [0.25, 0.3) is 0 Å². The lowest BCUT2D eigenvalue weighted by Gasteiger charge is -2.33. The molecule has 0 aromatic heterocycles. The van der Waals surface area contributed by atoms with Crippen LogP contribution in [0.15, 0.2) is 0 Å². The molecule has 5 atom stereocenters.